The lowest BCUT2D eigenvalue weighted by molar-refractivity contribution is 0.390. The molecule has 1 unspecified atom stereocenters. The lowest BCUT2D eigenvalue weighted by Crippen LogP contribution is -2.14. The molecule has 0 amide bonds. The van der Waals surface area contributed by atoms with Crippen molar-refractivity contribution in [3.05, 3.63) is 71.6 Å². The van der Waals surface area contributed by atoms with Crippen molar-refractivity contribution in [2.45, 2.75) is 31.7 Å². The Hall–Kier alpha value is -2.80. The van der Waals surface area contributed by atoms with E-state index in [9.17, 15) is 8.42 Å². The molecule has 0 aliphatic heterocycles. The third-order valence-electron chi connectivity index (χ3n) is 4.06. The number of hydrogen-bond donors (Lipinski definition) is 2. The fraction of sp³-hybridized carbons (Fsp3) is 0.211. The maximum atomic E-state index is 12.5. The zero-order valence-electron chi connectivity index (χ0n) is 14.9. The fourth-order valence-corrected chi connectivity index (χ4v) is 4.16. The predicted molar refractivity (Wildman–Crippen MR) is 102 cm³/mol. The summed E-state index contributed by atoms with van der Waals surface area (Å²) in [5.41, 5.74) is 2.89. The molecule has 0 bridgehead atoms. The Labute approximate surface area is 153 Å². The number of benzene rings is 2. The Morgan fingerprint density at radius 1 is 0.962 bits per heavy atom. The lowest BCUT2D eigenvalue weighted by Gasteiger charge is -2.16. The minimum Gasteiger partial charge on any atom is -0.379 e. The highest BCUT2D eigenvalue weighted by atomic mass is 32.2. The predicted octanol–water partition coefficient (Wildman–Crippen LogP) is 4.27. The molecule has 7 heteroatoms. The summed E-state index contributed by atoms with van der Waals surface area (Å²) in [4.78, 5) is 0.0809. The second-order valence-corrected chi connectivity index (χ2v) is 7.73. The summed E-state index contributed by atoms with van der Waals surface area (Å²) in [7, 11) is -3.74. The molecule has 1 atom stereocenters. The molecular weight excluding hydrogens is 350 g/mol. The molecule has 0 aliphatic carbocycles. The third kappa shape index (κ3) is 3.88. The van der Waals surface area contributed by atoms with Crippen LogP contribution in [-0.2, 0) is 10.0 Å². The number of rotatable bonds is 6. The Morgan fingerprint density at radius 3 is 2.15 bits per heavy atom. The van der Waals surface area contributed by atoms with Gasteiger partial charge in [-0.2, -0.15) is 0 Å². The SMILES string of the molecule is Cc1noc(C)c1S(=O)(=O)Nc1ccc(NC(C)c2ccccc2)cc1. The average molecular weight is 371 g/mol. The quantitative estimate of drug-likeness (QED) is 0.676. The number of nitrogens with one attached hydrogen (secondary N) is 2. The summed E-state index contributed by atoms with van der Waals surface area (Å²) in [6, 6.07) is 17.4. The van der Waals surface area contributed by atoms with Crippen molar-refractivity contribution in [2.24, 2.45) is 0 Å². The molecule has 3 rings (SSSR count). The molecule has 0 spiro atoms. The standard InChI is InChI=1S/C19H21N3O3S/c1-13(16-7-5-4-6-8-16)20-17-9-11-18(12-10-17)22-26(23,24)19-14(2)21-25-15(19)3/h4-13,20,22H,1-3H3. The van der Waals surface area contributed by atoms with Gasteiger partial charge < -0.3 is 9.84 Å². The van der Waals surface area contributed by atoms with Crippen molar-refractivity contribution >= 4 is 21.4 Å². The molecule has 0 aliphatic rings. The number of anilines is 2. The van der Waals surface area contributed by atoms with Gasteiger partial charge in [0.1, 0.15) is 5.69 Å². The Balaban J connectivity index is 1.72. The zero-order valence-corrected chi connectivity index (χ0v) is 15.7. The van der Waals surface area contributed by atoms with E-state index in [0.29, 0.717) is 11.4 Å². The Bertz CT molecular complexity index is 961. The van der Waals surface area contributed by atoms with Crippen LogP contribution in [0.5, 0.6) is 0 Å². The van der Waals surface area contributed by atoms with Gasteiger partial charge in [-0.3, -0.25) is 4.72 Å². The van der Waals surface area contributed by atoms with E-state index in [2.05, 4.69) is 34.3 Å². The summed E-state index contributed by atoms with van der Waals surface area (Å²) in [5, 5.41) is 7.09. The first-order chi connectivity index (χ1) is 12.4. The van der Waals surface area contributed by atoms with Crippen LogP contribution < -0.4 is 10.0 Å². The second-order valence-electron chi connectivity index (χ2n) is 6.11. The first kappa shape index (κ1) is 18.0. The van der Waals surface area contributed by atoms with E-state index in [-0.39, 0.29) is 16.7 Å². The van der Waals surface area contributed by atoms with Crippen LogP contribution in [0.4, 0.5) is 11.4 Å². The molecule has 0 radical (unpaired) electrons. The summed E-state index contributed by atoms with van der Waals surface area (Å²) < 4.78 is 32.6. The van der Waals surface area contributed by atoms with Crippen molar-refractivity contribution < 1.29 is 12.9 Å². The van der Waals surface area contributed by atoms with Crippen LogP contribution >= 0.6 is 0 Å². The molecule has 26 heavy (non-hydrogen) atoms. The maximum absolute atomic E-state index is 12.5. The molecule has 0 fully saturated rings. The summed E-state index contributed by atoms with van der Waals surface area (Å²) in [6.45, 7) is 5.25. The van der Waals surface area contributed by atoms with Crippen molar-refractivity contribution in [3.8, 4) is 0 Å². The highest BCUT2D eigenvalue weighted by molar-refractivity contribution is 7.92. The van der Waals surface area contributed by atoms with Crippen LogP contribution in [0, 0.1) is 13.8 Å². The van der Waals surface area contributed by atoms with E-state index in [1.54, 1.807) is 26.0 Å². The van der Waals surface area contributed by atoms with E-state index in [4.69, 9.17) is 4.52 Å². The largest absolute Gasteiger partial charge is 0.379 e. The summed E-state index contributed by atoms with van der Waals surface area (Å²) in [6.07, 6.45) is 0. The summed E-state index contributed by atoms with van der Waals surface area (Å²) in [5.74, 6) is 0.268. The average Bonchev–Trinajstić information content (AvgIpc) is 2.96. The van der Waals surface area contributed by atoms with Gasteiger partial charge in [0, 0.05) is 17.4 Å². The number of sulfonamides is 1. The molecule has 136 valence electrons. The van der Waals surface area contributed by atoms with Crippen LogP contribution in [0.15, 0.2) is 64.0 Å². The zero-order chi connectivity index (χ0) is 18.7. The van der Waals surface area contributed by atoms with Gasteiger partial charge >= 0.3 is 0 Å². The molecule has 2 N–H and O–H groups in total. The topological polar surface area (TPSA) is 84.2 Å². The lowest BCUT2D eigenvalue weighted by atomic mass is 10.1. The normalized spacial score (nSPS) is 12.6. The second kappa shape index (κ2) is 7.21. The number of aryl methyl sites for hydroxylation is 2. The van der Waals surface area contributed by atoms with Crippen LogP contribution in [0.25, 0.3) is 0 Å². The molecular formula is C19H21N3O3S. The first-order valence-electron chi connectivity index (χ1n) is 8.24. The molecule has 3 aromatic rings. The van der Waals surface area contributed by atoms with Gasteiger partial charge in [0.2, 0.25) is 0 Å². The number of hydrogen-bond acceptors (Lipinski definition) is 5. The molecule has 1 aromatic heterocycles. The van der Waals surface area contributed by atoms with Gasteiger partial charge in [-0.05, 0) is 50.6 Å². The van der Waals surface area contributed by atoms with E-state index < -0.39 is 10.0 Å². The summed E-state index contributed by atoms with van der Waals surface area (Å²) >= 11 is 0. The maximum Gasteiger partial charge on any atom is 0.267 e. The van der Waals surface area contributed by atoms with Gasteiger partial charge in [0.15, 0.2) is 10.7 Å². The first-order valence-corrected chi connectivity index (χ1v) is 9.72. The van der Waals surface area contributed by atoms with Gasteiger partial charge in [-0.15, -0.1) is 0 Å². The molecule has 2 aromatic carbocycles. The van der Waals surface area contributed by atoms with Crippen molar-refractivity contribution in [1.82, 2.24) is 5.16 Å². The van der Waals surface area contributed by atoms with Gasteiger partial charge in [0.25, 0.3) is 10.0 Å². The van der Waals surface area contributed by atoms with Crippen LogP contribution in [0.1, 0.15) is 30.0 Å². The van der Waals surface area contributed by atoms with Crippen molar-refractivity contribution in [2.75, 3.05) is 10.0 Å². The van der Waals surface area contributed by atoms with Crippen LogP contribution in [-0.4, -0.2) is 13.6 Å². The smallest absolute Gasteiger partial charge is 0.267 e. The third-order valence-corrected chi connectivity index (χ3v) is 5.68. The van der Waals surface area contributed by atoms with Gasteiger partial charge in [-0.25, -0.2) is 8.42 Å². The minimum atomic E-state index is -3.74. The highest BCUT2D eigenvalue weighted by Crippen LogP contribution is 2.24. The van der Waals surface area contributed by atoms with E-state index in [1.165, 1.54) is 5.56 Å². The number of aromatic nitrogens is 1. The van der Waals surface area contributed by atoms with Gasteiger partial charge in [-0.1, -0.05) is 35.5 Å². The van der Waals surface area contributed by atoms with Crippen LogP contribution in [0.2, 0.25) is 0 Å². The van der Waals surface area contributed by atoms with E-state index in [1.807, 2.05) is 30.3 Å². The highest BCUT2D eigenvalue weighted by Gasteiger charge is 2.24. The van der Waals surface area contributed by atoms with E-state index in [0.717, 1.165) is 5.69 Å². The monoisotopic (exact) mass is 371 g/mol. The fourth-order valence-electron chi connectivity index (χ4n) is 2.77. The Kier molecular flexibility index (Phi) is 4.99. The molecule has 0 saturated carbocycles. The van der Waals surface area contributed by atoms with E-state index >= 15 is 0 Å². The van der Waals surface area contributed by atoms with Crippen LogP contribution in [0.3, 0.4) is 0 Å². The molecule has 6 nitrogen and oxygen atoms in total. The molecule has 1 heterocycles. The van der Waals surface area contributed by atoms with Crippen molar-refractivity contribution in [1.29, 1.82) is 0 Å². The Morgan fingerprint density at radius 2 is 1.58 bits per heavy atom. The van der Waals surface area contributed by atoms with Gasteiger partial charge in [0.05, 0.1) is 0 Å². The van der Waals surface area contributed by atoms with Crippen molar-refractivity contribution in [3.63, 3.8) is 0 Å². The number of nitrogens with zero attached hydrogens (tertiary/aromatic N) is 1. The minimum absolute atomic E-state index is 0.0809. The molecule has 0 saturated heterocycles.